The Kier molecular flexibility index (Phi) is 5.95. The molecule has 1 saturated heterocycles. The molecule has 1 fully saturated rings. The first-order valence-corrected chi connectivity index (χ1v) is 7.15. The maximum absolute atomic E-state index is 5.86. The zero-order valence-electron chi connectivity index (χ0n) is 12.4. The van der Waals surface area contributed by atoms with Crippen molar-refractivity contribution in [1.82, 2.24) is 4.90 Å². The van der Waals surface area contributed by atoms with E-state index in [1.165, 1.54) is 32.4 Å². The molecule has 0 aliphatic carbocycles. The summed E-state index contributed by atoms with van der Waals surface area (Å²) in [6.07, 6.45) is 3.96. The van der Waals surface area contributed by atoms with E-state index in [1.54, 1.807) is 14.2 Å². The second kappa shape index (κ2) is 7.97. The lowest BCUT2D eigenvalue weighted by Crippen LogP contribution is -2.33. The maximum atomic E-state index is 5.86. The third-order valence-corrected chi connectivity index (χ3v) is 3.50. The minimum Gasteiger partial charge on any atom is -0.493 e. The highest BCUT2D eigenvalue weighted by atomic mass is 16.6. The largest absolute Gasteiger partial charge is 0.493 e. The molecule has 20 heavy (non-hydrogen) atoms. The number of piperidine rings is 1. The number of rotatable bonds is 7. The van der Waals surface area contributed by atoms with E-state index in [2.05, 4.69) is 10.4 Å². The normalized spacial score (nSPS) is 15.9. The van der Waals surface area contributed by atoms with Crippen LogP contribution in [0.2, 0.25) is 0 Å². The van der Waals surface area contributed by atoms with E-state index in [1.807, 2.05) is 18.2 Å². The molecule has 0 radical (unpaired) electrons. The first-order valence-electron chi connectivity index (χ1n) is 7.15. The second-order valence-electron chi connectivity index (χ2n) is 4.92. The Morgan fingerprint density at radius 1 is 1.10 bits per heavy atom. The molecule has 1 aliphatic rings. The van der Waals surface area contributed by atoms with Gasteiger partial charge in [0.2, 0.25) is 0 Å². The van der Waals surface area contributed by atoms with Gasteiger partial charge >= 0.3 is 0 Å². The van der Waals surface area contributed by atoms with Crippen LogP contribution in [0.25, 0.3) is 0 Å². The van der Waals surface area contributed by atoms with Crippen LogP contribution >= 0.6 is 0 Å². The van der Waals surface area contributed by atoms with Crippen molar-refractivity contribution in [2.75, 3.05) is 45.9 Å². The lowest BCUT2D eigenvalue weighted by Gasteiger charge is -2.26. The lowest BCUT2D eigenvalue weighted by atomic mass is 10.1. The third kappa shape index (κ3) is 4.28. The number of benzene rings is 1. The van der Waals surface area contributed by atoms with Gasteiger partial charge in [-0.05, 0) is 38.1 Å². The average molecular weight is 280 g/mol. The van der Waals surface area contributed by atoms with Crippen molar-refractivity contribution in [3.63, 3.8) is 0 Å². The molecule has 0 atom stereocenters. The zero-order chi connectivity index (χ0) is 14.2. The molecule has 1 heterocycles. The van der Waals surface area contributed by atoms with Crippen LogP contribution in [0.1, 0.15) is 19.3 Å². The van der Waals surface area contributed by atoms with Crippen molar-refractivity contribution in [1.29, 1.82) is 0 Å². The van der Waals surface area contributed by atoms with E-state index < -0.39 is 0 Å². The molecule has 5 heteroatoms. The van der Waals surface area contributed by atoms with Crippen LogP contribution in [-0.2, 0) is 4.84 Å². The predicted octanol–water partition coefficient (Wildman–Crippen LogP) is 2.53. The molecule has 0 aromatic heterocycles. The van der Waals surface area contributed by atoms with E-state index in [4.69, 9.17) is 14.3 Å². The van der Waals surface area contributed by atoms with Gasteiger partial charge < -0.3 is 9.47 Å². The van der Waals surface area contributed by atoms with Crippen LogP contribution in [0.5, 0.6) is 11.5 Å². The quantitative estimate of drug-likeness (QED) is 0.777. The van der Waals surface area contributed by atoms with Crippen LogP contribution in [0.4, 0.5) is 5.69 Å². The number of methoxy groups -OCH3 is 1. The number of nitrogens with one attached hydrogen (secondary N) is 1. The molecule has 0 unspecified atom stereocenters. The van der Waals surface area contributed by atoms with Crippen molar-refractivity contribution in [3.8, 4) is 11.5 Å². The summed E-state index contributed by atoms with van der Waals surface area (Å²) in [6, 6.07) is 5.65. The molecule has 1 N–H and O–H groups in total. The van der Waals surface area contributed by atoms with Gasteiger partial charge in [-0.15, -0.1) is 0 Å². The molecule has 1 aromatic carbocycles. The minimum absolute atomic E-state index is 0.673. The van der Waals surface area contributed by atoms with Gasteiger partial charge in [0.05, 0.1) is 19.9 Å². The van der Waals surface area contributed by atoms with Gasteiger partial charge in [-0.2, -0.15) is 0 Å². The van der Waals surface area contributed by atoms with Gasteiger partial charge in [0, 0.05) is 12.6 Å². The average Bonchev–Trinajstić information content (AvgIpc) is 2.49. The topological polar surface area (TPSA) is 43.0 Å². The Bertz CT molecular complexity index is 406. The summed E-state index contributed by atoms with van der Waals surface area (Å²) in [5.74, 6) is 1.48. The Balaban J connectivity index is 1.87. The van der Waals surface area contributed by atoms with E-state index in [0.717, 1.165) is 23.7 Å². The monoisotopic (exact) mass is 280 g/mol. The highest BCUT2D eigenvalue weighted by Gasteiger charge is 2.11. The van der Waals surface area contributed by atoms with Crippen molar-refractivity contribution in [2.45, 2.75) is 19.3 Å². The molecule has 2 rings (SSSR count). The standard InChI is InChI=1S/C15H24N2O3/c1-18-14-7-6-13(16-19-2)12-15(14)20-11-10-17-8-4-3-5-9-17/h6-7,12,16H,3-5,8-11H2,1-2H3. The van der Waals surface area contributed by atoms with Crippen molar-refractivity contribution >= 4 is 5.69 Å². The molecule has 112 valence electrons. The smallest absolute Gasteiger partial charge is 0.163 e. The van der Waals surface area contributed by atoms with Crippen LogP contribution < -0.4 is 15.0 Å². The van der Waals surface area contributed by atoms with Gasteiger partial charge in [0.15, 0.2) is 11.5 Å². The fourth-order valence-corrected chi connectivity index (χ4v) is 2.44. The summed E-state index contributed by atoms with van der Waals surface area (Å²) < 4.78 is 11.2. The highest BCUT2D eigenvalue weighted by molar-refractivity contribution is 5.53. The number of hydrogen-bond donors (Lipinski definition) is 1. The molecule has 0 spiro atoms. The molecule has 1 aromatic rings. The fourth-order valence-electron chi connectivity index (χ4n) is 2.44. The summed E-state index contributed by atoms with van der Waals surface area (Å²) in [5, 5.41) is 0. The fraction of sp³-hybridized carbons (Fsp3) is 0.600. The maximum Gasteiger partial charge on any atom is 0.163 e. The van der Waals surface area contributed by atoms with E-state index in [9.17, 15) is 0 Å². The van der Waals surface area contributed by atoms with Gasteiger partial charge in [-0.1, -0.05) is 6.42 Å². The summed E-state index contributed by atoms with van der Waals surface area (Å²) >= 11 is 0. The SMILES string of the molecule is CONc1ccc(OC)c(OCCN2CCCCC2)c1. The van der Waals surface area contributed by atoms with Crippen LogP contribution in [0.15, 0.2) is 18.2 Å². The Morgan fingerprint density at radius 3 is 2.60 bits per heavy atom. The molecular formula is C15H24N2O3. The number of ether oxygens (including phenoxy) is 2. The first kappa shape index (κ1) is 14.9. The van der Waals surface area contributed by atoms with Gasteiger partial charge in [0.1, 0.15) is 6.61 Å². The van der Waals surface area contributed by atoms with Gasteiger partial charge in [0.25, 0.3) is 0 Å². The number of hydrogen-bond acceptors (Lipinski definition) is 5. The molecule has 0 amide bonds. The molecule has 1 aliphatic heterocycles. The minimum atomic E-state index is 0.673. The summed E-state index contributed by atoms with van der Waals surface area (Å²) in [7, 11) is 3.23. The summed E-state index contributed by atoms with van der Waals surface area (Å²) in [5.41, 5.74) is 3.64. The van der Waals surface area contributed by atoms with Gasteiger partial charge in [-0.25, -0.2) is 0 Å². The van der Waals surface area contributed by atoms with Gasteiger partial charge in [-0.3, -0.25) is 15.2 Å². The number of nitrogens with zero attached hydrogens (tertiary/aromatic N) is 1. The van der Waals surface area contributed by atoms with E-state index in [0.29, 0.717) is 6.61 Å². The van der Waals surface area contributed by atoms with Crippen molar-refractivity contribution in [3.05, 3.63) is 18.2 Å². The Hall–Kier alpha value is -1.46. The van der Waals surface area contributed by atoms with Crippen molar-refractivity contribution < 1.29 is 14.3 Å². The lowest BCUT2D eigenvalue weighted by molar-refractivity contribution is 0.180. The molecule has 0 bridgehead atoms. The Morgan fingerprint density at radius 2 is 1.90 bits per heavy atom. The predicted molar refractivity (Wildman–Crippen MR) is 79.4 cm³/mol. The van der Waals surface area contributed by atoms with E-state index >= 15 is 0 Å². The highest BCUT2D eigenvalue weighted by Crippen LogP contribution is 2.30. The summed E-state index contributed by atoms with van der Waals surface area (Å²) in [4.78, 5) is 7.35. The van der Waals surface area contributed by atoms with Crippen LogP contribution in [0, 0.1) is 0 Å². The number of anilines is 1. The van der Waals surface area contributed by atoms with Crippen molar-refractivity contribution in [2.24, 2.45) is 0 Å². The molecule has 5 nitrogen and oxygen atoms in total. The van der Waals surface area contributed by atoms with Crippen LogP contribution in [-0.4, -0.2) is 45.4 Å². The zero-order valence-corrected chi connectivity index (χ0v) is 12.4. The first-order chi connectivity index (χ1) is 9.83. The third-order valence-electron chi connectivity index (χ3n) is 3.50. The second-order valence-corrected chi connectivity index (χ2v) is 4.92. The Labute approximate surface area is 120 Å². The molecular weight excluding hydrogens is 256 g/mol. The van der Waals surface area contributed by atoms with Crippen LogP contribution in [0.3, 0.4) is 0 Å². The molecule has 0 saturated carbocycles. The number of likely N-dealkylation sites (tertiary alicyclic amines) is 1. The van der Waals surface area contributed by atoms with E-state index in [-0.39, 0.29) is 0 Å². The summed E-state index contributed by atoms with van der Waals surface area (Å²) in [6.45, 7) is 4.01.